The molecular weight excluding hydrogens is 481 g/mol. The molecule has 0 fully saturated rings. The predicted molar refractivity (Wildman–Crippen MR) is 127 cm³/mol. The van der Waals surface area contributed by atoms with E-state index in [-0.39, 0.29) is 30.1 Å². The summed E-state index contributed by atoms with van der Waals surface area (Å²) in [6, 6.07) is 4.20. The molecule has 1 aromatic carbocycles. The van der Waals surface area contributed by atoms with E-state index in [2.05, 4.69) is 46.0 Å². The Labute approximate surface area is 190 Å². The van der Waals surface area contributed by atoms with E-state index in [1.54, 1.807) is 7.05 Å². The third-order valence-electron chi connectivity index (χ3n) is 4.74. The van der Waals surface area contributed by atoms with Crippen LogP contribution in [0.1, 0.15) is 37.0 Å². The van der Waals surface area contributed by atoms with Crippen LogP contribution in [0.15, 0.2) is 29.5 Å². The molecule has 0 saturated carbocycles. The molecule has 1 aromatic heterocycles. The van der Waals surface area contributed by atoms with Gasteiger partial charge in [-0.25, -0.2) is 0 Å². The number of guanidine groups is 1. The van der Waals surface area contributed by atoms with E-state index in [1.165, 1.54) is 11.1 Å². The minimum absolute atomic E-state index is 0. The molecule has 0 amide bonds. The van der Waals surface area contributed by atoms with Gasteiger partial charge < -0.3 is 20.1 Å². The van der Waals surface area contributed by atoms with E-state index in [0.717, 1.165) is 48.8 Å². The molecule has 160 valence electrons. The van der Waals surface area contributed by atoms with Crippen LogP contribution in [-0.2, 0) is 26.4 Å². The van der Waals surface area contributed by atoms with Crippen LogP contribution >= 0.6 is 24.0 Å². The number of benzene rings is 1. The fourth-order valence-corrected chi connectivity index (χ4v) is 3.41. The molecule has 1 aliphatic heterocycles. The molecule has 2 aromatic rings. The molecule has 0 aliphatic carbocycles. The third-order valence-corrected chi connectivity index (χ3v) is 4.74. The molecule has 1 atom stereocenters. The monoisotopic (exact) mass is 513 g/mol. The van der Waals surface area contributed by atoms with Crippen molar-refractivity contribution in [3.05, 3.63) is 41.2 Å². The molecule has 2 heterocycles. The highest BCUT2D eigenvalue weighted by Gasteiger charge is 2.21. The molecule has 3 rings (SSSR count). The van der Waals surface area contributed by atoms with Gasteiger partial charge >= 0.3 is 0 Å². The molecule has 29 heavy (non-hydrogen) atoms. The average molecular weight is 513 g/mol. The normalized spacial score (nSPS) is 15.3. The number of aryl methyl sites for hydroxylation is 2. The highest BCUT2D eigenvalue weighted by molar-refractivity contribution is 14.0. The van der Waals surface area contributed by atoms with Crippen LogP contribution in [0.25, 0.3) is 0 Å². The van der Waals surface area contributed by atoms with Gasteiger partial charge in [-0.15, -0.1) is 24.0 Å². The molecule has 0 spiro atoms. The third kappa shape index (κ3) is 6.52. The lowest BCUT2D eigenvalue weighted by atomic mass is 10.1. The van der Waals surface area contributed by atoms with Crippen LogP contribution in [0.5, 0.6) is 11.5 Å². The van der Waals surface area contributed by atoms with Gasteiger partial charge in [0, 0.05) is 50.9 Å². The lowest BCUT2D eigenvalue weighted by Crippen LogP contribution is -2.37. The molecule has 7 nitrogen and oxygen atoms in total. The summed E-state index contributed by atoms with van der Waals surface area (Å²) in [7, 11) is 3.72. The zero-order valence-electron chi connectivity index (χ0n) is 17.7. The Morgan fingerprint density at radius 2 is 2.21 bits per heavy atom. The number of hydrogen-bond donors (Lipinski definition) is 2. The van der Waals surface area contributed by atoms with Crippen molar-refractivity contribution in [1.29, 1.82) is 0 Å². The maximum Gasteiger partial charge on any atom is 0.191 e. The van der Waals surface area contributed by atoms with E-state index >= 15 is 0 Å². The average Bonchev–Trinajstić information content (AvgIpc) is 3.25. The van der Waals surface area contributed by atoms with Crippen molar-refractivity contribution in [2.24, 2.45) is 12.0 Å². The molecule has 0 radical (unpaired) electrons. The number of hydrogen-bond acceptors (Lipinski definition) is 4. The van der Waals surface area contributed by atoms with Gasteiger partial charge in [0.1, 0.15) is 17.6 Å². The standard InChI is InChI=1S/C21H31N5O2.HI/c1-5-27-19-10-17-9-15(2)28-20(17)11-18(19)13-24-21(22-3)23-8-6-7-16-12-25-26(4)14-16;/h10-12,14-15H,5-9,13H2,1-4H3,(H2,22,23,24);1H. The van der Waals surface area contributed by atoms with Crippen molar-refractivity contribution in [2.45, 2.75) is 45.8 Å². The van der Waals surface area contributed by atoms with Gasteiger partial charge in [-0.3, -0.25) is 9.67 Å². The van der Waals surface area contributed by atoms with Gasteiger partial charge in [-0.2, -0.15) is 5.10 Å². The summed E-state index contributed by atoms with van der Waals surface area (Å²) in [5.41, 5.74) is 3.55. The number of nitrogens with zero attached hydrogens (tertiary/aromatic N) is 3. The van der Waals surface area contributed by atoms with Gasteiger partial charge in [-0.1, -0.05) is 0 Å². The second-order valence-electron chi connectivity index (χ2n) is 7.11. The molecular formula is C21H32IN5O2. The number of aromatic nitrogens is 2. The Balaban J connectivity index is 0.00000300. The van der Waals surface area contributed by atoms with Gasteiger partial charge in [0.25, 0.3) is 0 Å². The number of ether oxygens (including phenoxy) is 2. The maximum absolute atomic E-state index is 5.90. The SMILES string of the molecule is CCOc1cc2c(cc1CNC(=NC)NCCCc1cnn(C)c1)OC(C)C2.I. The van der Waals surface area contributed by atoms with Crippen LogP contribution in [0.4, 0.5) is 0 Å². The Hall–Kier alpha value is -1.97. The minimum Gasteiger partial charge on any atom is -0.494 e. The number of halogens is 1. The largest absolute Gasteiger partial charge is 0.494 e. The van der Waals surface area contributed by atoms with Crippen LogP contribution < -0.4 is 20.1 Å². The Bertz CT molecular complexity index is 821. The minimum atomic E-state index is 0. The van der Waals surface area contributed by atoms with Crippen molar-refractivity contribution in [2.75, 3.05) is 20.2 Å². The number of rotatable bonds is 8. The van der Waals surface area contributed by atoms with Gasteiger partial charge in [-0.05, 0) is 44.4 Å². The number of fused-ring (bicyclic) bond motifs is 1. The number of nitrogens with one attached hydrogen (secondary N) is 2. The van der Waals surface area contributed by atoms with E-state index in [1.807, 2.05) is 24.9 Å². The van der Waals surface area contributed by atoms with Crippen molar-refractivity contribution < 1.29 is 9.47 Å². The quantitative estimate of drug-likeness (QED) is 0.246. The summed E-state index contributed by atoms with van der Waals surface area (Å²) >= 11 is 0. The van der Waals surface area contributed by atoms with E-state index in [9.17, 15) is 0 Å². The van der Waals surface area contributed by atoms with Crippen molar-refractivity contribution in [1.82, 2.24) is 20.4 Å². The Kier molecular flexibility index (Phi) is 9.06. The summed E-state index contributed by atoms with van der Waals surface area (Å²) in [6.07, 6.45) is 7.14. The molecule has 0 bridgehead atoms. The van der Waals surface area contributed by atoms with E-state index < -0.39 is 0 Å². The van der Waals surface area contributed by atoms with Crippen LogP contribution in [0, 0.1) is 0 Å². The van der Waals surface area contributed by atoms with Crippen molar-refractivity contribution in [3.63, 3.8) is 0 Å². The number of aliphatic imine (C=N–C) groups is 1. The molecule has 1 unspecified atom stereocenters. The molecule has 2 N–H and O–H groups in total. The fourth-order valence-electron chi connectivity index (χ4n) is 3.41. The maximum atomic E-state index is 5.90. The zero-order valence-corrected chi connectivity index (χ0v) is 20.0. The Morgan fingerprint density at radius 1 is 1.38 bits per heavy atom. The summed E-state index contributed by atoms with van der Waals surface area (Å²) in [5, 5.41) is 10.9. The molecule has 1 aliphatic rings. The van der Waals surface area contributed by atoms with Gasteiger partial charge in [0.05, 0.1) is 12.8 Å². The topological polar surface area (TPSA) is 72.7 Å². The van der Waals surface area contributed by atoms with Crippen LogP contribution in [0.2, 0.25) is 0 Å². The van der Waals surface area contributed by atoms with Crippen molar-refractivity contribution in [3.8, 4) is 11.5 Å². The summed E-state index contributed by atoms with van der Waals surface area (Å²) < 4.78 is 13.6. The molecule has 0 saturated heterocycles. The van der Waals surface area contributed by atoms with Gasteiger partial charge in [0.15, 0.2) is 5.96 Å². The summed E-state index contributed by atoms with van der Waals surface area (Å²) in [6.45, 7) is 6.21. The lowest BCUT2D eigenvalue weighted by molar-refractivity contribution is 0.254. The smallest absolute Gasteiger partial charge is 0.191 e. The first-order chi connectivity index (χ1) is 13.6. The fraction of sp³-hybridized carbons (Fsp3) is 0.524. The van der Waals surface area contributed by atoms with Gasteiger partial charge in [0.2, 0.25) is 0 Å². The van der Waals surface area contributed by atoms with Crippen LogP contribution in [-0.4, -0.2) is 42.0 Å². The Morgan fingerprint density at radius 3 is 2.90 bits per heavy atom. The predicted octanol–water partition coefficient (Wildman–Crippen LogP) is 3.06. The highest BCUT2D eigenvalue weighted by Crippen LogP contribution is 2.35. The molecule has 8 heteroatoms. The second kappa shape index (κ2) is 11.3. The van der Waals surface area contributed by atoms with E-state index in [4.69, 9.17) is 9.47 Å². The summed E-state index contributed by atoms with van der Waals surface area (Å²) in [5.74, 6) is 2.66. The zero-order chi connectivity index (χ0) is 19.9. The van der Waals surface area contributed by atoms with E-state index in [0.29, 0.717) is 13.2 Å². The lowest BCUT2D eigenvalue weighted by Gasteiger charge is -2.15. The van der Waals surface area contributed by atoms with Crippen molar-refractivity contribution >= 4 is 29.9 Å². The first-order valence-electron chi connectivity index (χ1n) is 9.96. The first-order valence-corrected chi connectivity index (χ1v) is 9.96. The first kappa shape index (κ1) is 23.3. The van der Waals surface area contributed by atoms with Crippen LogP contribution in [0.3, 0.4) is 0 Å². The second-order valence-corrected chi connectivity index (χ2v) is 7.11. The highest BCUT2D eigenvalue weighted by atomic mass is 127. The summed E-state index contributed by atoms with van der Waals surface area (Å²) in [4.78, 5) is 4.32.